The summed E-state index contributed by atoms with van der Waals surface area (Å²) in [5, 5.41) is 0. The Bertz CT molecular complexity index is 1600. The van der Waals surface area contributed by atoms with Gasteiger partial charge in [-0.3, -0.25) is 14.2 Å². The third-order valence-corrected chi connectivity index (χ3v) is 7.68. The number of benzene rings is 2. The van der Waals surface area contributed by atoms with Crippen LogP contribution < -0.4 is 19.6 Å². The number of nitrogens with zero attached hydrogens (tertiary/aromatic N) is 3. The molecule has 0 N–H and O–H groups in total. The molecule has 0 unspecified atom stereocenters. The molecule has 5 rings (SSSR count). The molecule has 1 aromatic heterocycles. The van der Waals surface area contributed by atoms with Crippen molar-refractivity contribution in [1.29, 1.82) is 0 Å². The lowest BCUT2D eigenvalue weighted by Gasteiger charge is -2.24. The van der Waals surface area contributed by atoms with Crippen LogP contribution in [0.25, 0.3) is 6.08 Å². The van der Waals surface area contributed by atoms with Crippen LogP contribution in [0, 0.1) is 5.82 Å². The molecule has 3 aromatic rings. The number of ether oxygens (including phenoxy) is 2. The van der Waals surface area contributed by atoms with Gasteiger partial charge in [0.2, 0.25) is 0 Å². The van der Waals surface area contributed by atoms with E-state index in [-0.39, 0.29) is 30.3 Å². The maximum atomic E-state index is 13.7. The summed E-state index contributed by atoms with van der Waals surface area (Å²) in [6.45, 7) is 5.12. The minimum Gasteiger partial charge on any atom is -0.484 e. The highest BCUT2D eigenvalue weighted by atomic mass is 32.1. The largest absolute Gasteiger partial charge is 0.484 e. The average molecular weight is 550 g/mol. The molecule has 202 valence electrons. The Morgan fingerprint density at radius 2 is 1.79 bits per heavy atom. The molecule has 1 saturated heterocycles. The van der Waals surface area contributed by atoms with Gasteiger partial charge in [0, 0.05) is 13.1 Å². The summed E-state index contributed by atoms with van der Waals surface area (Å²) in [5.74, 6) is -0.448. The summed E-state index contributed by atoms with van der Waals surface area (Å²) in [7, 11) is 0. The van der Waals surface area contributed by atoms with Gasteiger partial charge in [-0.15, -0.1) is 0 Å². The van der Waals surface area contributed by atoms with Gasteiger partial charge in [0.15, 0.2) is 11.4 Å². The topological polar surface area (TPSA) is 90.2 Å². The number of amides is 1. The Labute approximate surface area is 228 Å². The SMILES string of the molecule is CCOC(=O)C1=C(C)N=c2s/c(=C/c3ccc(OCC(=O)N4CCCC4)cc3)c(=O)n2[C@H]1c1ccc(F)cc1. The molecule has 1 fully saturated rings. The molecule has 0 aliphatic carbocycles. The Balaban J connectivity index is 1.46. The van der Waals surface area contributed by atoms with Crippen LogP contribution in [0.2, 0.25) is 0 Å². The van der Waals surface area contributed by atoms with E-state index in [1.807, 2.05) is 4.90 Å². The minimum atomic E-state index is -0.799. The number of thiazole rings is 1. The van der Waals surface area contributed by atoms with Gasteiger partial charge >= 0.3 is 5.97 Å². The maximum absolute atomic E-state index is 13.7. The van der Waals surface area contributed by atoms with E-state index in [2.05, 4.69) is 4.99 Å². The zero-order valence-corrected chi connectivity index (χ0v) is 22.5. The van der Waals surface area contributed by atoms with Crippen molar-refractivity contribution in [1.82, 2.24) is 9.47 Å². The molecule has 0 radical (unpaired) electrons. The van der Waals surface area contributed by atoms with Crippen molar-refractivity contribution in [3.05, 3.63) is 96.4 Å². The summed E-state index contributed by atoms with van der Waals surface area (Å²) >= 11 is 1.21. The smallest absolute Gasteiger partial charge is 0.338 e. The third-order valence-electron chi connectivity index (χ3n) is 6.70. The van der Waals surface area contributed by atoms with Gasteiger partial charge in [0.25, 0.3) is 11.5 Å². The molecule has 10 heteroatoms. The predicted octanol–water partition coefficient (Wildman–Crippen LogP) is 2.94. The first-order chi connectivity index (χ1) is 18.9. The monoisotopic (exact) mass is 549 g/mol. The fourth-order valence-electron chi connectivity index (χ4n) is 4.77. The van der Waals surface area contributed by atoms with Gasteiger partial charge in [-0.05, 0) is 68.2 Å². The second-order valence-corrected chi connectivity index (χ2v) is 10.3. The molecule has 39 heavy (non-hydrogen) atoms. The summed E-state index contributed by atoms with van der Waals surface area (Å²) in [4.78, 5) is 45.6. The van der Waals surface area contributed by atoms with E-state index >= 15 is 0 Å². The second kappa shape index (κ2) is 11.4. The first-order valence-corrected chi connectivity index (χ1v) is 13.6. The number of rotatable bonds is 7. The third kappa shape index (κ3) is 5.56. The van der Waals surface area contributed by atoms with E-state index in [0.29, 0.717) is 26.3 Å². The van der Waals surface area contributed by atoms with Gasteiger partial charge < -0.3 is 14.4 Å². The molecule has 0 saturated carbocycles. The fourth-order valence-corrected chi connectivity index (χ4v) is 5.81. The molecule has 2 aliphatic heterocycles. The second-order valence-electron chi connectivity index (χ2n) is 9.30. The standard InChI is InChI=1S/C29H28FN3O5S/c1-3-37-28(36)25-18(2)31-29-33(26(25)20-8-10-21(30)11-9-20)27(35)23(39-29)16-19-6-12-22(13-7-19)38-17-24(34)32-14-4-5-15-32/h6-13,16,26H,3-5,14-15,17H2,1-2H3/b23-16+/t26-/m0/s1. The highest BCUT2D eigenvalue weighted by Crippen LogP contribution is 2.30. The van der Waals surface area contributed by atoms with Crippen LogP contribution in [0.4, 0.5) is 4.39 Å². The van der Waals surface area contributed by atoms with Gasteiger partial charge in [-0.2, -0.15) is 0 Å². The van der Waals surface area contributed by atoms with E-state index in [0.717, 1.165) is 31.5 Å². The van der Waals surface area contributed by atoms with E-state index in [4.69, 9.17) is 9.47 Å². The molecule has 2 aliphatic rings. The molecule has 0 bridgehead atoms. The Morgan fingerprint density at radius 3 is 2.46 bits per heavy atom. The van der Waals surface area contributed by atoms with Gasteiger partial charge in [0.1, 0.15) is 11.6 Å². The van der Waals surface area contributed by atoms with Gasteiger partial charge in [-0.1, -0.05) is 35.6 Å². The maximum Gasteiger partial charge on any atom is 0.338 e. The molecular formula is C29H28FN3O5S. The molecule has 8 nitrogen and oxygen atoms in total. The first kappa shape index (κ1) is 26.6. The lowest BCUT2D eigenvalue weighted by Crippen LogP contribution is -2.39. The number of allylic oxidation sites excluding steroid dienone is 1. The van der Waals surface area contributed by atoms with Crippen molar-refractivity contribution in [2.24, 2.45) is 4.99 Å². The van der Waals surface area contributed by atoms with Crippen LogP contribution in [0.5, 0.6) is 5.75 Å². The Kier molecular flexibility index (Phi) is 7.74. The predicted molar refractivity (Wildman–Crippen MR) is 145 cm³/mol. The van der Waals surface area contributed by atoms with Crippen LogP contribution >= 0.6 is 11.3 Å². The van der Waals surface area contributed by atoms with Crippen LogP contribution in [-0.2, 0) is 14.3 Å². The quantitative estimate of drug-likeness (QED) is 0.423. The zero-order valence-electron chi connectivity index (χ0n) is 21.7. The van der Waals surface area contributed by atoms with Crippen molar-refractivity contribution in [2.45, 2.75) is 32.7 Å². The molecule has 3 heterocycles. The Hall–Kier alpha value is -4.05. The van der Waals surface area contributed by atoms with E-state index in [1.165, 1.54) is 28.0 Å². The van der Waals surface area contributed by atoms with Crippen molar-refractivity contribution >= 4 is 29.3 Å². The number of aromatic nitrogens is 1. The number of carbonyl (C=O) groups is 2. The number of likely N-dealkylation sites (tertiary alicyclic amines) is 1. The first-order valence-electron chi connectivity index (χ1n) is 12.8. The number of hydrogen-bond donors (Lipinski definition) is 0. The van der Waals surface area contributed by atoms with E-state index < -0.39 is 17.8 Å². The normalized spacial score (nSPS) is 17.2. The number of hydrogen-bond acceptors (Lipinski definition) is 7. The summed E-state index contributed by atoms with van der Waals surface area (Å²) in [6.07, 6.45) is 3.80. The number of esters is 1. The van der Waals surface area contributed by atoms with Crippen molar-refractivity contribution < 1.29 is 23.5 Å². The molecule has 0 spiro atoms. The number of halogens is 1. The lowest BCUT2D eigenvalue weighted by atomic mass is 9.96. The summed E-state index contributed by atoms with van der Waals surface area (Å²) in [5.41, 5.74) is 1.70. The van der Waals surface area contributed by atoms with Gasteiger partial charge in [0.05, 0.1) is 28.5 Å². The molecule has 1 amide bonds. The number of fused-ring (bicyclic) bond motifs is 1. The van der Waals surface area contributed by atoms with E-state index in [9.17, 15) is 18.8 Å². The summed E-state index contributed by atoms with van der Waals surface area (Å²) < 4.78 is 26.5. The highest BCUT2D eigenvalue weighted by molar-refractivity contribution is 7.07. The summed E-state index contributed by atoms with van der Waals surface area (Å²) in [6, 6.07) is 12.0. The molecule has 1 atom stereocenters. The Morgan fingerprint density at radius 1 is 1.10 bits per heavy atom. The minimum absolute atomic E-state index is 0.0104. The van der Waals surface area contributed by atoms with E-state index in [1.54, 1.807) is 56.3 Å². The van der Waals surface area contributed by atoms with Crippen molar-refractivity contribution in [3.63, 3.8) is 0 Å². The van der Waals surface area contributed by atoms with Crippen LogP contribution in [-0.4, -0.2) is 47.6 Å². The number of carbonyl (C=O) groups excluding carboxylic acids is 2. The van der Waals surface area contributed by atoms with Crippen LogP contribution in [0.15, 0.2) is 69.6 Å². The average Bonchev–Trinajstić information content (AvgIpc) is 3.57. The zero-order chi connectivity index (χ0) is 27.5. The highest BCUT2D eigenvalue weighted by Gasteiger charge is 2.33. The van der Waals surface area contributed by atoms with Crippen LogP contribution in [0.1, 0.15) is 43.9 Å². The van der Waals surface area contributed by atoms with Crippen molar-refractivity contribution in [2.75, 3.05) is 26.3 Å². The molecular weight excluding hydrogens is 521 g/mol. The fraction of sp³-hybridized carbons (Fsp3) is 0.310. The van der Waals surface area contributed by atoms with Crippen molar-refractivity contribution in [3.8, 4) is 5.75 Å². The van der Waals surface area contributed by atoms with Gasteiger partial charge in [-0.25, -0.2) is 14.2 Å². The molecule has 2 aromatic carbocycles. The van der Waals surface area contributed by atoms with Crippen LogP contribution in [0.3, 0.4) is 0 Å². The lowest BCUT2D eigenvalue weighted by molar-refractivity contribution is -0.139.